The first-order chi connectivity index (χ1) is 9.92. The Hall–Kier alpha value is -2.35. The molecule has 0 atom stereocenters. The normalized spacial score (nSPS) is 11.1. The van der Waals surface area contributed by atoms with Gasteiger partial charge in [0.15, 0.2) is 0 Å². The van der Waals surface area contributed by atoms with E-state index in [2.05, 4.69) is 5.10 Å². The number of hydrogen-bond acceptors (Lipinski definition) is 5. The van der Waals surface area contributed by atoms with Crippen molar-refractivity contribution in [2.24, 2.45) is 7.05 Å². The highest BCUT2D eigenvalue weighted by Gasteiger charge is 2.19. The minimum absolute atomic E-state index is 0.0109. The van der Waals surface area contributed by atoms with E-state index in [-0.39, 0.29) is 10.5 Å². The van der Waals surface area contributed by atoms with Crippen LogP contribution in [0.1, 0.15) is 17.3 Å². The van der Waals surface area contributed by atoms with Gasteiger partial charge in [0, 0.05) is 13.2 Å². The zero-order valence-corrected chi connectivity index (χ0v) is 12.4. The van der Waals surface area contributed by atoms with Gasteiger partial charge in [0.1, 0.15) is 5.75 Å². The molecule has 0 unspecified atom stereocenters. The summed E-state index contributed by atoms with van der Waals surface area (Å²) in [6.45, 7) is 2.32. The number of hydrogen-bond donors (Lipinski definition) is 1. The summed E-state index contributed by atoms with van der Waals surface area (Å²) in [4.78, 5) is 11.8. The van der Waals surface area contributed by atoms with E-state index < -0.39 is 15.9 Å². The third kappa shape index (κ3) is 3.60. The van der Waals surface area contributed by atoms with Gasteiger partial charge in [0.2, 0.25) is 0 Å². The number of aromatic nitrogens is 2. The summed E-state index contributed by atoms with van der Waals surface area (Å²) in [7, 11) is -2.29. The van der Waals surface area contributed by atoms with Crippen LogP contribution in [0.25, 0.3) is 0 Å². The summed E-state index contributed by atoms with van der Waals surface area (Å²) in [6, 6.07) is 5.83. The SMILES string of the molecule is CCOc1ccc(S(=O)(=O)NC(=O)c2cnn(C)c2)cc1. The van der Waals surface area contributed by atoms with Crippen LogP contribution < -0.4 is 9.46 Å². The second-order valence-electron chi connectivity index (χ2n) is 4.24. The molecule has 1 amide bonds. The molecule has 1 N–H and O–H groups in total. The average Bonchev–Trinajstić information content (AvgIpc) is 2.86. The monoisotopic (exact) mass is 309 g/mol. The van der Waals surface area contributed by atoms with Gasteiger partial charge < -0.3 is 4.74 Å². The van der Waals surface area contributed by atoms with Crippen LogP contribution in [-0.2, 0) is 17.1 Å². The van der Waals surface area contributed by atoms with Gasteiger partial charge in [-0.2, -0.15) is 5.10 Å². The van der Waals surface area contributed by atoms with E-state index in [1.54, 1.807) is 7.05 Å². The van der Waals surface area contributed by atoms with Crippen molar-refractivity contribution in [3.8, 4) is 5.75 Å². The van der Waals surface area contributed by atoms with Gasteiger partial charge in [0.25, 0.3) is 15.9 Å². The van der Waals surface area contributed by atoms with Crippen molar-refractivity contribution < 1.29 is 17.9 Å². The summed E-state index contributed by atoms with van der Waals surface area (Å²) in [5.41, 5.74) is 0.173. The first-order valence-corrected chi connectivity index (χ1v) is 7.69. The van der Waals surface area contributed by atoms with Crippen molar-refractivity contribution in [1.29, 1.82) is 0 Å². The number of aryl methyl sites for hydroxylation is 1. The molecule has 1 aromatic heterocycles. The maximum atomic E-state index is 12.1. The van der Waals surface area contributed by atoms with E-state index >= 15 is 0 Å². The molecule has 2 aromatic rings. The van der Waals surface area contributed by atoms with Crippen molar-refractivity contribution in [2.75, 3.05) is 6.61 Å². The highest BCUT2D eigenvalue weighted by atomic mass is 32.2. The van der Waals surface area contributed by atoms with Crippen LogP contribution in [0.2, 0.25) is 0 Å². The molecule has 0 saturated carbocycles. The quantitative estimate of drug-likeness (QED) is 0.887. The van der Waals surface area contributed by atoms with Crippen molar-refractivity contribution in [2.45, 2.75) is 11.8 Å². The van der Waals surface area contributed by atoms with Crippen molar-refractivity contribution in [3.05, 3.63) is 42.2 Å². The number of rotatable bonds is 5. The molecule has 1 aromatic carbocycles. The third-order valence-corrected chi connectivity index (χ3v) is 3.99. The van der Waals surface area contributed by atoms with E-state index in [0.29, 0.717) is 12.4 Å². The largest absolute Gasteiger partial charge is 0.494 e. The lowest BCUT2D eigenvalue weighted by Gasteiger charge is -2.07. The van der Waals surface area contributed by atoms with Gasteiger partial charge >= 0.3 is 0 Å². The Morgan fingerprint density at radius 3 is 2.52 bits per heavy atom. The molecule has 112 valence electrons. The fourth-order valence-electron chi connectivity index (χ4n) is 1.66. The third-order valence-electron chi connectivity index (χ3n) is 2.64. The van der Waals surface area contributed by atoms with Crippen LogP contribution in [0.5, 0.6) is 5.75 Å². The number of sulfonamides is 1. The molecule has 0 aliphatic carbocycles. The van der Waals surface area contributed by atoms with Crippen molar-refractivity contribution >= 4 is 15.9 Å². The smallest absolute Gasteiger partial charge is 0.268 e. The molecule has 21 heavy (non-hydrogen) atoms. The Bertz CT molecular complexity index is 735. The lowest BCUT2D eigenvalue weighted by atomic mass is 10.3. The van der Waals surface area contributed by atoms with Crippen molar-refractivity contribution in [3.63, 3.8) is 0 Å². The maximum absolute atomic E-state index is 12.1. The van der Waals surface area contributed by atoms with E-state index in [4.69, 9.17) is 4.74 Å². The van der Waals surface area contributed by atoms with Crippen LogP contribution >= 0.6 is 0 Å². The molecule has 0 aliphatic rings. The number of ether oxygens (including phenoxy) is 1. The predicted octanol–water partition coefficient (Wildman–Crippen LogP) is 0.937. The van der Waals surface area contributed by atoms with Gasteiger partial charge in [0.05, 0.1) is 23.3 Å². The zero-order valence-electron chi connectivity index (χ0n) is 11.6. The van der Waals surface area contributed by atoms with Gasteiger partial charge in [-0.25, -0.2) is 13.1 Å². The van der Waals surface area contributed by atoms with E-state index in [1.165, 1.54) is 41.3 Å². The minimum atomic E-state index is -3.92. The first-order valence-electron chi connectivity index (χ1n) is 6.21. The summed E-state index contributed by atoms with van der Waals surface area (Å²) in [5, 5.41) is 3.82. The predicted molar refractivity (Wildman–Crippen MR) is 75.5 cm³/mol. The number of carbonyl (C=O) groups excluding carboxylic acids is 1. The van der Waals surface area contributed by atoms with Crippen LogP contribution in [0.4, 0.5) is 0 Å². The molecule has 7 nitrogen and oxygen atoms in total. The number of amides is 1. The van der Waals surface area contributed by atoms with Crippen LogP contribution in [-0.4, -0.2) is 30.7 Å². The van der Waals surface area contributed by atoms with Gasteiger partial charge in [-0.1, -0.05) is 0 Å². The summed E-state index contributed by atoms with van der Waals surface area (Å²) in [5.74, 6) is -0.160. The molecule has 0 fully saturated rings. The standard InChI is InChI=1S/C13H15N3O4S/c1-3-20-11-4-6-12(7-5-11)21(18,19)15-13(17)10-8-14-16(2)9-10/h4-9H,3H2,1-2H3,(H,15,17). The molecule has 2 rings (SSSR count). The number of benzene rings is 1. The van der Waals surface area contributed by atoms with E-state index in [1.807, 2.05) is 11.6 Å². The van der Waals surface area contributed by atoms with E-state index in [9.17, 15) is 13.2 Å². The van der Waals surface area contributed by atoms with Crippen LogP contribution in [0.3, 0.4) is 0 Å². The molecule has 0 radical (unpaired) electrons. The fourth-order valence-corrected chi connectivity index (χ4v) is 2.63. The summed E-state index contributed by atoms with van der Waals surface area (Å²) in [6.07, 6.45) is 2.73. The molecular weight excluding hydrogens is 294 g/mol. The Morgan fingerprint density at radius 2 is 2.00 bits per heavy atom. The number of carbonyl (C=O) groups is 1. The van der Waals surface area contributed by atoms with Gasteiger partial charge in [-0.05, 0) is 31.2 Å². The highest BCUT2D eigenvalue weighted by Crippen LogP contribution is 2.16. The topological polar surface area (TPSA) is 90.3 Å². The Balaban J connectivity index is 2.16. The maximum Gasteiger partial charge on any atom is 0.268 e. The molecule has 0 spiro atoms. The lowest BCUT2D eigenvalue weighted by molar-refractivity contribution is 0.0981. The van der Waals surface area contributed by atoms with Gasteiger partial charge in [-0.3, -0.25) is 9.48 Å². The lowest BCUT2D eigenvalue weighted by Crippen LogP contribution is -2.30. The first kappa shape index (κ1) is 15.0. The highest BCUT2D eigenvalue weighted by molar-refractivity contribution is 7.90. The summed E-state index contributed by atoms with van der Waals surface area (Å²) < 4.78 is 32.8. The molecule has 8 heteroatoms. The molecule has 0 aliphatic heterocycles. The Kier molecular flexibility index (Phi) is 4.27. The molecular formula is C13H15N3O4S. The zero-order chi connectivity index (χ0) is 15.5. The second kappa shape index (κ2) is 5.96. The number of nitrogens with one attached hydrogen (secondary N) is 1. The Morgan fingerprint density at radius 1 is 1.33 bits per heavy atom. The fraction of sp³-hybridized carbons (Fsp3) is 0.231. The summed E-state index contributed by atoms with van der Waals surface area (Å²) >= 11 is 0. The molecule has 1 heterocycles. The average molecular weight is 309 g/mol. The molecule has 0 saturated heterocycles. The van der Waals surface area contributed by atoms with Crippen LogP contribution in [0.15, 0.2) is 41.6 Å². The second-order valence-corrected chi connectivity index (χ2v) is 5.92. The minimum Gasteiger partial charge on any atom is -0.494 e. The van der Waals surface area contributed by atoms with Gasteiger partial charge in [-0.15, -0.1) is 0 Å². The number of nitrogens with zero attached hydrogens (tertiary/aromatic N) is 2. The van der Waals surface area contributed by atoms with E-state index in [0.717, 1.165) is 0 Å². The molecule has 0 bridgehead atoms. The van der Waals surface area contributed by atoms with Crippen LogP contribution in [0, 0.1) is 0 Å². The Labute approximate surface area is 122 Å². The van der Waals surface area contributed by atoms with Crippen molar-refractivity contribution in [1.82, 2.24) is 14.5 Å².